The van der Waals surface area contributed by atoms with Crippen molar-refractivity contribution in [3.05, 3.63) is 35.4 Å². The molecule has 0 aromatic heterocycles. The standard InChI is InChI=1S/C17H27NO/c1-5-10-18-15(4)14(3)12-16-8-7-9-17(13-16)19-11-6-2/h7-9,12-13,15,18H,5-6,10-11H2,1-4H3/b14-12+. The van der Waals surface area contributed by atoms with Gasteiger partial charge in [0.1, 0.15) is 5.75 Å². The highest BCUT2D eigenvalue weighted by molar-refractivity contribution is 5.55. The Bertz CT molecular complexity index is 398. The van der Waals surface area contributed by atoms with Gasteiger partial charge in [-0.2, -0.15) is 0 Å². The Morgan fingerprint density at radius 2 is 2.11 bits per heavy atom. The first-order valence-electron chi connectivity index (χ1n) is 7.31. The highest BCUT2D eigenvalue weighted by atomic mass is 16.5. The van der Waals surface area contributed by atoms with Crippen molar-refractivity contribution in [2.24, 2.45) is 0 Å². The number of hydrogen-bond donors (Lipinski definition) is 1. The zero-order valence-electron chi connectivity index (χ0n) is 12.7. The van der Waals surface area contributed by atoms with Crippen molar-refractivity contribution in [3.63, 3.8) is 0 Å². The Morgan fingerprint density at radius 3 is 2.79 bits per heavy atom. The minimum Gasteiger partial charge on any atom is -0.494 e. The molecule has 0 radical (unpaired) electrons. The van der Waals surface area contributed by atoms with E-state index in [1.54, 1.807) is 0 Å². The van der Waals surface area contributed by atoms with E-state index in [9.17, 15) is 0 Å². The van der Waals surface area contributed by atoms with Crippen molar-refractivity contribution >= 4 is 6.08 Å². The molecule has 2 heteroatoms. The number of nitrogens with one attached hydrogen (secondary N) is 1. The summed E-state index contributed by atoms with van der Waals surface area (Å²) in [7, 11) is 0. The van der Waals surface area contributed by atoms with Crippen LogP contribution >= 0.6 is 0 Å². The van der Waals surface area contributed by atoms with Crippen molar-refractivity contribution in [1.82, 2.24) is 5.32 Å². The molecule has 1 rings (SSSR count). The Morgan fingerprint density at radius 1 is 1.32 bits per heavy atom. The molecule has 2 nitrogen and oxygen atoms in total. The fourth-order valence-corrected chi connectivity index (χ4v) is 1.82. The van der Waals surface area contributed by atoms with Gasteiger partial charge in [0.05, 0.1) is 6.61 Å². The van der Waals surface area contributed by atoms with Crippen LogP contribution in [0.15, 0.2) is 29.8 Å². The highest BCUT2D eigenvalue weighted by Crippen LogP contribution is 2.17. The van der Waals surface area contributed by atoms with Crippen LogP contribution in [0.5, 0.6) is 5.75 Å². The third-order valence-corrected chi connectivity index (χ3v) is 3.11. The maximum Gasteiger partial charge on any atom is 0.119 e. The van der Waals surface area contributed by atoms with E-state index in [-0.39, 0.29) is 0 Å². The molecule has 0 bridgehead atoms. The Hall–Kier alpha value is -1.28. The second-order valence-electron chi connectivity index (χ2n) is 4.99. The summed E-state index contributed by atoms with van der Waals surface area (Å²) in [6, 6.07) is 8.70. The second kappa shape index (κ2) is 8.76. The fourth-order valence-electron chi connectivity index (χ4n) is 1.82. The van der Waals surface area contributed by atoms with E-state index in [1.807, 2.05) is 12.1 Å². The van der Waals surface area contributed by atoms with Crippen LogP contribution in [-0.4, -0.2) is 19.2 Å². The summed E-state index contributed by atoms with van der Waals surface area (Å²) in [5.74, 6) is 0.956. The smallest absolute Gasteiger partial charge is 0.119 e. The predicted octanol–water partition coefficient (Wildman–Crippen LogP) is 4.27. The summed E-state index contributed by atoms with van der Waals surface area (Å²) in [5.41, 5.74) is 2.55. The molecule has 0 heterocycles. The van der Waals surface area contributed by atoms with Gasteiger partial charge in [-0.1, -0.05) is 37.6 Å². The van der Waals surface area contributed by atoms with Crippen LogP contribution in [0.25, 0.3) is 6.08 Å². The average molecular weight is 261 g/mol. The van der Waals surface area contributed by atoms with Gasteiger partial charge in [0.15, 0.2) is 0 Å². The van der Waals surface area contributed by atoms with Gasteiger partial charge in [-0.15, -0.1) is 0 Å². The van der Waals surface area contributed by atoms with E-state index < -0.39 is 0 Å². The molecule has 1 aromatic rings. The summed E-state index contributed by atoms with van der Waals surface area (Å²) in [4.78, 5) is 0. The minimum absolute atomic E-state index is 0.417. The summed E-state index contributed by atoms with van der Waals surface area (Å²) in [6.45, 7) is 10.5. The van der Waals surface area contributed by atoms with Crippen LogP contribution in [0, 0.1) is 0 Å². The third kappa shape index (κ3) is 5.93. The molecular weight excluding hydrogens is 234 g/mol. The van der Waals surface area contributed by atoms with Gasteiger partial charge < -0.3 is 10.1 Å². The van der Waals surface area contributed by atoms with Gasteiger partial charge >= 0.3 is 0 Å². The Labute approximate surface area is 117 Å². The number of benzene rings is 1. The van der Waals surface area contributed by atoms with E-state index >= 15 is 0 Å². The number of ether oxygens (including phenoxy) is 1. The van der Waals surface area contributed by atoms with Gasteiger partial charge in [-0.25, -0.2) is 0 Å². The lowest BCUT2D eigenvalue weighted by molar-refractivity contribution is 0.317. The van der Waals surface area contributed by atoms with Gasteiger partial charge in [0, 0.05) is 6.04 Å². The van der Waals surface area contributed by atoms with Crippen molar-refractivity contribution in [3.8, 4) is 5.75 Å². The summed E-state index contributed by atoms with van der Waals surface area (Å²) in [5, 5.41) is 3.50. The van der Waals surface area contributed by atoms with Crippen molar-refractivity contribution in [2.75, 3.05) is 13.2 Å². The maximum absolute atomic E-state index is 5.66. The van der Waals surface area contributed by atoms with Crippen LogP contribution < -0.4 is 10.1 Å². The van der Waals surface area contributed by atoms with Crippen LogP contribution in [0.4, 0.5) is 0 Å². The predicted molar refractivity (Wildman–Crippen MR) is 83.6 cm³/mol. The van der Waals surface area contributed by atoms with Crippen LogP contribution in [-0.2, 0) is 0 Å². The van der Waals surface area contributed by atoms with E-state index in [0.717, 1.165) is 31.7 Å². The van der Waals surface area contributed by atoms with E-state index in [0.29, 0.717) is 6.04 Å². The van der Waals surface area contributed by atoms with Crippen molar-refractivity contribution < 1.29 is 4.74 Å². The third-order valence-electron chi connectivity index (χ3n) is 3.11. The van der Waals surface area contributed by atoms with E-state index in [2.05, 4.69) is 51.2 Å². The van der Waals surface area contributed by atoms with Gasteiger partial charge in [0.2, 0.25) is 0 Å². The normalized spacial score (nSPS) is 13.4. The van der Waals surface area contributed by atoms with Crippen LogP contribution in [0.2, 0.25) is 0 Å². The minimum atomic E-state index is 0.417. The molecule has 1 unspecified atom stereocenters. The Balaban J connectivity index is 2.68. The first kappa shape index (κ1) is 15.8. The molecule has 0 saturated heterocycles. The fraction of sp³-hybridized carbons (Fsp3) is 0.529. The number of rotatable bonds is 8. The van der Waals surface area contributed by atoms with Gasteiger partial charge in [-0.3, -0.25) is 0 Å². The number of hydrogen-bond acceptors (Lipinski definition) is 2. The zero-order valence-corrected chi connectivity index (χ0v) is 12.7. The summed E-state index contributed by atoms with van der Waals surface area (Å²) in [6.07, 6.45) is 4.43. The lowest BCUT2D eigenvalue weighted by Crippen LogP contribution is -2.27. The quantitative estimate of drug-likeness (QED) is 0.754. The van der Waals surface area contributed by atoms with E-state index in [1.165, 1.54) is 11.1 Å². The van der Waals surface area contributed by atoms with Crippen molar-refractivity contribution in [2.45, 2.75) is 46.6 Å². The topological polar surface area (TPSA) is 21.3 Å². The monoisotopic (exact) mass is 261 g/mol. The lowest BCUT2D eigenvalue weighted by atomic mass is 10.1. The van der Waals surface area contributed by atoms with Crippen LogP contribution in [0.1, 0.15) is 46.1 Å². The molecule has 106 valence electrons. The summed E-state index contributed by atoms with van der Waals surface area (Å²) < 4.78 is 5.66. The molecule has 1 N–H and O–H groups in total. The van der Waals surface area contributed by atoms with Crippen LogP contribution in [0.3, 0.4) is 0 Å². The summed E-state index contributed by atoms with van der Waals surface area (Å²) >= 11 is 0. The molecule has 0 fully saturated rings. The SMILES string of the molecule is CCCNC(C)/C(C)=C/c1cccc(OCCC)c1. The molecule has 0 spiro atoms. The molecule has 0 aliphatic carbocycles. The zero-order chi connectivity index (χ0) is 14.1. The van der Waals surface area contributed by atoms with E-state index in [4.69, 9.17) is 4.74 Å². The first-order valence-corrected chi connectivity index (χ1v) is 7.31. The molecule has 1 aromatic carbocycles. The molecule has 0 saturated carbocycles. The largest absolute Gasteiger partial charge is 0.494 e. The van der Waals surface area contributed by atoms with Gasteiger partial charge in [-0.05, 0) is 50.9 Å². The lowest BCUT2D eigenvalue weighted by Gasteiger charge is -2.14. The molecule has 0 aliphatic heterocycles. The van der Waals surface area contributed by atoms with Gasteiger partial charge in [0.25, 0.3) is 0 Å². The highest BCUT2D eigenvalue weighted by Gasteiger charge is 2.03. The molecule has 0 aliphatic rings. The maximum atomic E-state index is 5.66. The molecular formula is C17H27NO. The average Bonchev–Trinajstić information content (AvgIpc) is 2.42. The molecule has 1 atom stereocenters. The van der Waals surface area contributed by atoms with Crippen molar-refractivity contribution in [1.29, 1.82) is 0 Å². The molecule has 19 heavy (non-hydrogen) atoms. The molecule has 0 amide bonds. The first-order chi connectivity index (χ1) is 9.17. The second-order valence-corrected chi connectivity index (χ2v) is 4.99. The Kier molecular flexibility index (Phi) is 7.27.